The van der Waals surface area contributed by atoms with E-state index in [2.05, 4.69) is 115 Å². The van der Waals surface area contributed by atoms with Gasteiger partial charge in [-0.3, -0.25) is 0 Å². The second kappa shape index (κ2) is 7.48. The Morgan fingerprint density at radius 1 is 0.464 bits per heavy atom. The van der Waals surface area contributed by atoms with E-state index in [0.29, 0.717) is 17.8 Å². The van der Waals surface area contributed by atoms with Gasteiger partial charge in [-0.15, -0.1) is 0 Å². The van der Waals surface area contributed by atoms with Crippen LogP contribution < -0.4 is 0 Å². The molecule has 0 nitrogen and oxygen atoms in total. The largest absolute Gasteiger partial charge is 0.0622 e. The predicted molar refractivity (Wildman–Crippen MR) is 117 cm³/mol. The first kappa shape index (κ1) is 17.0. The SMILES string of the molecule is c1ccc(C[C@H]2c3ccccc3[C@@H](c3ccccc3)[C@H]2c2ccccc2)cc1. The highest BCUT2D eigenvalue weighted by Gasteiger charge is 2.41. The molecule has 0 bridgehead atoms. The molecule has 28 heavy (non-hydrogen) atoms. The summed E-state index contributed by atoms with van der Waals surface area (Å²) in [4.78, 5) is 0. The number of fused-ring (bicyclic) bond motifs is 1. The minimum atomic E-state index is 0.397. The van der Waals surface area contributed by atoms with Gasteiger partial charge in [-0.25, -0.2) is 0 Å². The molecule has 0 amide bonds. The highest BCUT2D eigenvalue weighted by molar-refractivity contribution is 5.51. The van der Waals surface area contributed by atoms with E-state index >= 15 is 0 Å². The third-order valence-electron chi connectivity index (χ3n) is 6.16. The maximum atomic E-state index is 2.35. The van der Waals surface area contributed by atoms with E-state index < -0.39 is 0 Å². The van der Waals surface area contributed by atoms with Gasteiger partial charge in [0.15, 0.2) is 0 Å². The molecule has 4 aromatic carbocycles. The zero-order valence-corrected chi connectivity index (χ0v) is 15.9. The summed E-state index contributed by atoms with van der Waals surface area (Å²) in [5, 5.41) is 0. The molecule has 0 aromatic heterocycles. The van der Waals surface area contributed by atoms with E-state index in [-0.39, 0.29) is 0 Å². The van der Waals surface area contributed by atoms with E-state index in [1.807, 2.05) is 0 Å². The molecule has 4 aromatic rings. The van der Waals surface area contributed by atoms with Crippen molar-refractivity contribution in [3.63, 3.8) is 0 Å². The van der Waals surface area contributed by atoms with Gasteiger partial charge in [0.1, 0.15) is 0 Å². The summed E-state index contributed by atoms with van der Waals surface area (Å²) >= 11 is 0. The fraction of sp³-hybridized carbons (Fsp3) is 0.143. The van der Waals surface area contributed by atoms with Crippen LogP contribution in [0.15, 0.2) is 115 Å². The molecule has 0 heterocycles. The van der Waals surface area contributed by atoms with Crippen LogP contribution in [0, 0.1) is 0 Å². The van der Waals surface area contributed by atoms with Crippen molar-refractivity contribution in [1.29, 1.82) is 0 Å². The first-order valence-electron chi connectivity index (χ1n) is 10.1. The Morgan fingerprint density at radius 3 is 1.61 bits per heavy atom. The number of rotatable bonds is 4. The molecule has 136 valence electrons. The normalized spacial score (nSPS) is 20.6. The molecule has 0 unspecified atom stereocenters. The molecule has 0 saturated heterocycles. The van der Waals surface area contributed by atoms with E-state index in [9.17, 15) is 0 Å². The second-order valence-corrected chi connectivity index (χ2v) is 7.75. The number of hydrogen-bond donors (Lipinski definition) is 0. The van der Waals surface area contributed by atoms with Crippen LogP contribution in [0.1, 0.15) is 45.6 Å². The Kier molecular flexibility index (Phi) is 4.54. The summed E-state index contributed by atoms with van der Waals surface area (Å²) in [5.41, 5.74) is 7.27. The summed E-state index contributed by atoms with van der Waals surface area (Å²) in [5.74, 6) is 1.32. The topological polar surface area (TPSA) is 0 Å². The average Bonchev–Trinajstić information content (AvgIpc) is 3.10. The molecule has 0 heteroatoms. The van der Waals surface area contributed by atoms with Gasteiger partial charge >= 0.3 is 0 Å². The highest BCUT2D eigenvalue weighted by Crippen LogP contribution is 2.55. The van der Waals surface area contributed by atoms with Crippen molar-refractivity contribution in [2.75, 3.05) is 0 Å². The molecule has 0 N–H and O–H groups in total. The van der Waals surface area contributed by atoms with Crippen LogP contribution in [-0.2, 0) is 6.42 Å². The quantitative estimate of drug-likeness (QED) is 0.370. The molecule has 0 aliphatic heterocycles. The van der Waals surface area contributed by atoms with Crippen molar-refractivity contribution in [2.45, 2.75) is 24.2 Å². The van der Waals surface area contributed by atoms with Crippen molar-refractivity contribution in [3.8, 4) is 0 Å². The zero-order chi connectivity index (χ0) is 18.8. The standard InChI is InChI=1S/C28H24/c1-4-12-21(13-5-1)20-26-24-18-10-11-19-25(24)27(22-14-6-2-7-15-22)28(26)23-16-8-3-9-17-23/h1-19,26-28H,20H2/t26-,27+,28-/m0/s1. The van der Waals surface area contributed by atoms with Gasteiger partial charge in [-0.05, 0) is 40.2 Å². The van der Waals surface area contributed by atoms with Crippen molar-refractivity contribution < 1.29 is 0 Å². The molecular formula is C28H24. The van der Waals surface area contributed by atoms with Crippen molar-refractivity contribution in [1.82, 2.24) is 0 Å². The average molecular weight is 361 g/mol. The van der Waals surface area contributed by atoms with Gasteiger partial charge in [0.05, 0.1) is 0 Å². The molecule has 1 aliphatic rings. The van der Waals surface area contributed by atoms with Crippen molar-refractivity contribution >= 4 is 0 Å². The summed E-state index contributed by atoms with van der Waals surface area (Å²) in [6.45, 7) is 0. The Labute approximate surface area is 167 Å². The Balaban J connectivity index is 1.68. The second-order valence-electron chi connectivity index (χ2n) is 7.75. The van der Waals surface area contributed by atoms with Gasteiger partial charge in [0.2, 0.25) is 0 Å². The van der Waals surface area contributed by atoms with Crippen LogP contribution in [0.5, 0.6) is 0 Å². The summed E-state index contributed by atoms with van der Waals surface area (Å²) in [6, 6.07) is 42.2. The molecule has 0 saturated carbocycles. The Bertz CT molecular complexity index is 1030. The zero-order valence-electron chi connectivity index (χ0n) is 15.9. The highest BCUT2D eigenvalue weighted by atomic mass is 14.4. The van der Waals surface area contributed by atoms with Crippen LogP contribution in [0.4, 0.5) is 0 Å². The maximum absolute atomic E-state index is 2.35. The molecular weight excluding hydrogens is 336 g/mol. The lowest BCUT2D eigenvalue weighted by Gasteiger charge is -2.27. The van der Waals surface area contributed by atoms with E-state index in [4.69, 9.17) is 0 Å². The van der Waals surface area contributed by atoms with Gasteiger partial charge in [0, 0.05) is 11.8 Å². The summed E-state index contributed by atoms with van der Waals surface area (Å²) in [6.07, 6.45) is 1.07. The first-order chi connectivity index (χ1) is 13.9. The molecule has 5 rings (SSSR count). The summed E-state index contributed by atoms with van der Waals surface area (Å²) < 4.78 is 0. The first-order valence-corrected chi connectivity index (χ1v) is 10.1. The smallest absolute Gasteiger partial charge is 0.0167 e. The van der Waals surface area contributed by atoms with Gasteiger partial charge in [-0.1, -0.05) is 115 Å². The van der Waals surface area contributed by atoms with Crippen LogP contribution in [0.25, 0.3) is 0 Å². The summed E-state index contributed by atoms with van der Waals surface area (Å²) in [7, 11) is 0. The van der Waals surface area contributed by atoms with Crippen LogP contribution in [0.2, 0.25) is 0 Å². The number of benzene rings is 4. The third-order valence-corrected chi connectivity index (χ3v) is 6.16. The fourth-order valence-corrected chi connectivity index (χ4v) is 5.00. The van der Waals surface area contributed by atoms with E-state index in [0.717, 1.165) is 6.42 Å². The Hall–Kier alpha value is -3.12. The lowest BCUT2D eigenvalue weighted by molar-refractivity contribution is 0.537. The van der Waals surface area contributed by atoms with Gasteiger partial charge in [-0.2, -0.15) is 0 Å². The molecule has 0 spiro atoms. The lowest BCUT2D eigenvalue weighted by Crippen LogP contribution is -2.14. The minimum absolute atomic E-state index is 0.397. The maximum Gasteiger partial charge on any atom is 0.0167 e. The van der Waals surface area contributed by atoms with Crippen LogP contribution in [0.3, 0.4) is 0 Å². The van der Waals surface area contributed by atoms with E-state index in [1.165, 1.54) is 27.8 Å². The number of hydrogen-bond acceptors (Lipinski definition) is 0. The molecule has 3 atom stereocenters. The van der Waals surface area contributed by atoms with Crippen molar-refractivity contribution in [3.05, 3.63) is 143 Å². The molecule has 0 fully saturated rings. The predicted octanol–water partition coefficient (Wildman–Crippen LogP) is 6.94. The third kappa shape index (κ3) is 3.05. The van der Waals surface area contributed by atoms with Crippen molar-refractivity contribution in [2.24, 2.45) is 0 Å². The van der Waals surface area contributed by atoms with Gasteiger partial charge < -0.3 is 0 Å². The Morgan fingerprint density at radius 2 is 0.964 bits per heavy atom. The fourth-order valence-electron chi connectivity index (χ4n) is 5.00. The lowest BCUT2D eigenvalue weighted by atomic mass is 9.76. The van der Waals surface area contributed by atoms with Gasteiger partial charge in [0.25, 0.3) is 0 Å². The minimum Gasteiger partial charge on any atom is -0.0622 e. The molecule has 1 aliphatic carbocycles. The molecule has 0 radical (unpaired) electrons. The monoisotopic (exact) mass is 360 g/mol. The van der Waals surface area contributed by atoms with Crippen LogP contribution >= 0.6 is 0 Å². The van der Waals surface area contributed by atoms with Crippen LogP contribution in [-0.4, -0.2) is 0 Å². The van der Waals surface area contributed by atoms with E-state index in [1.54, 1.807) is 0 Å².